The molecule has 1 heterocycles. The van der Waals surface area contributed by atoms with Gasteiger partial charge >= 0.3 is 0 Å². The molecule has 2 fully saturated rings. The molecule has 0 spiro atoms. The number of aliphatic imine (C=N–C) groups is 1. The molecule has 0 amide bonds. The fourth-order valence-electron chi connectivity index (χ4n) is 3.31. The summed E-state index contributed by atoms with van der Waals surface area (Å²) in [5, 5.41) is 3.63. The van der Waals surface area contributed by atoms with E-state index in [1.807, 2.05) is 7.05 Å². The number of benzene rings is 1. The first kappa shape index (κ1) is 17.6. The Balaban J connectivity index is 0.00000176. The lowest BCUT2D eigenvalue weighted by molar-refractivity contribution is 0.273. The molecule has 1 aromatic rings. The van der Waals surface area contributed by atoms with E-state index in [0.29, 0.717) is 5.41 Å². The fraction of sp³-hybridized carbons (Fsp3) is 0.611. The molecule has 1 N–H and O–H groups in total. The van der Waals surface area contributed by atoms with Crippen molar-refractivity contribution < 1.29 is 0 Å². The molecule has 1 aliphatic carbocycles. The zero-order chi connectivity index (χ0) is 14.7. The van der Waals surface area contributed by atoms with Gasteiger partial charge in [0.15, 0.2) is 5.96 Å². The van der Waals surface area contributed by atoms with E-state index >= 15 is 0 Å². The Morgan fingerprint density at radius 2 is 1.86 bits per heavy atom. The van der Waals surface area contributed by atoms with Gasteiger partial charge in [0.2, 0.25) is 0 Å². The van der Waals surface area contributed by atoms with Crippen LogP contribution in [-0.2, 0) is 5.41 Å². The van der Waals surface area contributed by atoms with Gasteiger partial charge in [-0.05, 0) is 37.2 Å². The summed E-state index contributed by atoms with van der Waals surface area (Å²) in [5.74, 6) is 1.95. The highest BCUT2D eigenvalue weighted by atomic mass is 127. The van der Waals surface area contributed by atoms with Crippen molar-refractivity contribution in [3.05, 3.63) is 35.9 Å². The second kappa shape index (κ2) is 7.66. The first-order chi connectivity index (χ1) is 10.2. The zero-order valence-electron chi connectivity index (χ0n) is 13.7. The minimum atomic E-state index is 0. The Labute approximate surface area is 151 Å². The van der Waals surface area contributed by atoms with Gasteiger partial charge in [-0.2, -0.15) is 0 Å². The monoisotopic (exact) mass is 413 g/mol. The van der Waals surface area contributed by atoms with E-state index in [0.717, 1.165) is 31.5 Å². The predicted octanol–water partition coefficient (Wildman–Crippen LogP) is 3.64. The average molecular weight is 413 g/mol. The third-order valence-electron chi connectivity index (χ3n) is 5.12. The van der Waals surface area contributed by atoms with Crippen molar-refractivity contribution >= 4 is 29.9 Å². The maximum atomic E-state index is 4.49. The number of piperidine rings is 1. The maximum absolute atomic E-state index is 4.49. The Morgan fingerprint density at radius 1 is 1.23 bits per heavy atom. The maximum Gasteiger partial charge on any atom is 0.193 e. The average Bonchev–Trinajstić information content (AvgIpc) is 3.32. The van der Waals surface area contributed by atoms with Crippen LogP contribution in [-0.4, -0.2) is 37.5 Å². The first-order valence-corrected chi connectivity index (χ1v) is 8.25. The number of hydrogen-bond acceptors (Lipinski definition) is 1. The van der Waals surface area contributed by atoms with Crippen molar-refractivity contribution in [2.45, 2.75) is 38.0 Å². The molecule has 1 aromatic carbocycles. The molecule has 1 saturated heterocycles. The van der Waals surface area contributed by atoms with Gasteiger partial charge < -0.3 is 10.2 Å². The molecule has 4 heteroatoms. The van der Waals surface area contributed by atoms with Crippen molar-refractivity contribution in [1.29, 1.82) is 0 Å². The van der Waals surface area contributed by atoms with Crippen LogP contribution in [0.15, 0.2) is 35.3 Å². The van der Waals surface area contributed by atoms with Crippen LogP contribution in [0.3, 0.4) is 0 Å². The Kier molecular flexibility index (Phi) is 6.12. The number of nitrogens with zero attached hydrogens (tertiary/aromatic N) is 2. The van der Waals surface area contributed by atoms with Gasteiger partial charge in [-0.25, -0.2) is 0 Å². The fourth-order valence-corrected chi connectivity index (χ4v) is 3.31. The molecule has 122 valence electrons. The van der Waals surface area contributed by atoms with Crippen molar-refractivity contribution in [3.63, 3.8) is 0 Å². The number of nitrogens with one attached hydrogen (secondary N) is 1. The Bertz CT molecular complexity index is 488. The second-order valence-corrected chi connectivity index (χ2v) is 6.72. The lowest BCUT2D eigenvalue weighted by Crippen LogP contribution is -2.47. The number of hydrogen-bond donors (Lipinski definition) is 1. The van der Waals surface area contributed by atoms with E-state index in [9.17, 15) is 0 Å². The van der Waals surface area contributed by atoms with Crippen molar-refractivity contribution in [3.8, 4) is 0 Å². The summed E-state index contributed by atoms with van der Waals surface area (Å²) in [7, 11) is 1.91. The second-order valence-electron chi connectivity index (χ2n) is 6.72. The topological polar surface area (TPSA) is 27.6 Å². The van der Waals surface area contributed by atoms with Crippen LogP contribution < -0.4 is 5.32 Å². The zero-order valence-corrected chi connectivity index (χ0v) is 16.0. The van der Waals surface area contributed by atoms with Gasteiger partial charge in [-0.1, -0.05) is 37.3 Å². The molecule has 0 unspecified atom stereocenters. The van der Waals surface area contributed by atoms with E-state index in [1.54, 1.807) is 0 Å². The summed E-state index contributed by atoms with van der Waals surface area (Å²) in [6, 6.07) is 10.9. The molecule has 0 bridgehead atoms. The molecule has 0 radical (unpaired) electrons. The summed E-state index contributed by atoms with van der Waals surface area (Å²) in [6.45, 7) is 5.64. The molecule has 0 atom stereocenters. The third kappa shape index (κ3) is 3.94. The van der Waals surface area contributed by atoms with Crippen molar-refractivity contribution in [2.24, 2.45) is 10.9 Å². The number of guanidine groups is 1. The molecule has 0 aromatic heterocycles. The van der Waals surface area contributed by atoms with Gasteiger partial charge in [-0.15, -0.1) is 24.0 Å². The summed E-state index contributed by atoms with van der Waals surface area (Å²) in [4.78, 5) is 6.91. The highest BCUT2D eigenvalue weighted by Gasteiger charge is 2.44. The number of rotatable bonds is 3. The van der Waals surface area contributed by atoms with Gasteiger partial charge in [0, 0.05) is 32.1 Å². The van der Waals surface area contributed by atoms with Crippen LogP contribution in [0, 0.1) is 5.92 Å². The van der Waals surface area contributed by atoms with Gasteiger partial charge in [0.1, 0.15) is 0 Å². The lowest BCUT2D eigenvalue weighted by Gasteiger charge is -2.33. The van der Waals surface area contributed by atoms with Gasteiger partial charge in [-0.3, -0.25) is 4.99 Å². The lowest BCUT2D eigenvalue weighted by atomic mass is 9.96. The van der Waals surface area contributed by atoms with Crippen LogP contribution in [0.25, 0.3) is 0 Å². The highest BCUT2D eigenvalue weighted by molar-refractivity contribution is 14.0. The molecule has 3 rings (SSSR count). The van der Waals surface area contributed by atoms with Crippen LogP contribution in [0.1, 0.15) is 38.2 Å². The van der Waals surface area contributed by atoms with E-state index in [1.165, 1.54) is 31.2 Å². The van der Waals surface area contributed by atoms with E-state index in [4.69, 9.17) is 0 Å². The van der Waals surface area contributed by atoms with Crippen molar-refractivity contribution in [2.75, 3.05) is 26.7 Å². The summed E-state index contributed by atoms with van der Waals surface area (Å²) < 4.78 is 0. The van der Waals surface area contributed by atoms with Crippen LogP contribution in [0.4, 0.5) is 0 Å². The van der Waals surface area contributed by atoms with Gasteiger partial charge in [0.05, 0.1) is 0 Å². The Morgan fingerprint density at radius 3 is 2.41 bits per heavy atom. The summed E-state index contributed by atoms with van der Waals surface area (Å²) in [5.41, 5.74) is 1.82. The quantitative estimate of drug-likeness (QED) is 0.466. The van der Waals surface area contributed by atoms with Crippen LogP contribution in [0.5, 0.6) is 0 Å². The molecule has 22 heavy (non-hydrogen) atoms. The molecule has 1 aliphatic heterocycles. The molecular formula is C18H28IN3. The smallest absolute Gasteiger partial charge is 0.193 e. The normalized spacial score (nSPS) is 21.2. The number of halogens is 1. The third-order valence-corrected chi connectivity index (χ3v) is 5.12. The van der Waals surface area contributed by atoms with Crippen LogP contribution >= 0.6 is 24.0 Å². The summed E-state index contributed by atoms with van der Waals surface area (Å²) >= 11 is 0. The predicted molar refractivity (Wildman–Crippen MR) is 104 cm³/mol. The summed E-state index contributed by atoms with van der Waals surface area (Å²) in [6.07, 6.45) is 5.14. The minimum Gasteiger partial charge on any atom is -0.355 e. The van der Waals surface area contributed by atoms with E-state index < -0.39 is 0 Å². The highest BCUT2D eigenvalue weighted by Crippen LogP contribution is 2.47. The van der Waals surface area contributed by atoms with E-state index in [-0.39, 0.29) is 24.0 Å². The Hall–Kier alpha value is -0.780. The number of likely N-dealkylation sites (tertiary alicyclic amines) is 1. The molecule has 2 aliphatic rings. The van der Waals surface area contributed by atoms with Gasteiger partial charge in [0.25, 0.3) is 0 Å². The standard InChI is InChI=1S/C18H27N3.HI/c1-15-8-12-21(13-9-15)17(19-2)20-14-18(10-11-18)16-6-4-3-5-7-16;/h3-7,15H,8-14H2,1-2H3,(H,19,20);1H. The molecular weight excluding hydrogens is 385 g/mol. The minimum absolute atomic E-state index is 0. The largest absolute Gasteiger partial charge is 0.355 e. The van der Waals surface area contributed by atoms with Crippen LogP contribution in [0.2, 0.25) is 0 Å². The first-order valence-electron chi connectivity index (χ1n) is 8.25. The molecule has 1 saturated carbocycles. The van der Waals surface area contributed by atoms with Crippen molar-refractivity contribution in [1.82, 2.24) is 10.2 Å². The molecule has 3 nitrogen and oxygen atoms in total. The SMILES string of the molecule is CN=C(NCC1(c2ccccc2)CC1)N1CCC(C)CC1.I. The van der Waals surface area contributed by atoms with E-state index in [2.05, 4.69) is 52.5 Å².